The molecule has 76 valence electrons. The maximum absolute atomic E-state index is 11.5. The molecule has 0 aromatic carbocycles. The molecule has 0 aromatic heterocycles. The van der Waals surface area contributed by atoms with Crippen LogP contribution in [0.3, 0.4) is 0 Å². The molecular formula is C10H13IN2O. The lowest BCUT2D eigenvalue weighted by molar-refractivity contribution is -0.121. The van der Waals surface area contributed by atoms with Crippen LogP contribution in [0.4, 0.5) is 0 Å². The van der Waals surface area contributed by atoms with E-state index in [2.05, 4.69) is 39.3 Å². The van der Waals surface area contributed by atoms with Crippen LogP contribution in [0.1, 0.15) is 19.8 Å². The van der Waals surface area contributed by atoms with Gasteiger partial charge in [-0.15, -0.1) is 0 Å². The summed E-state index contributed by atoms with van der Waals surface area (Å²) < 4.78 is 0.270. The minimum Gasteiger partial charge on any atom is -0.356 e. The average Bonchev–Trinajstić information content (AvgIpc) is 2.82. The van der Waals surface area contributed by atoms with E-state index in [4.69, 9.17) is 0 Å². The van der Waals surface area contributed by atoms with Crippen LogP contribution < -0.4 is 10.6 Å². The van der Waals surface area contributed by atoms with Crippen molar-refractivity contribution in [3.63, 3.8) is 0 Å². The summed E-state index contributed by atoms with van der Waals surface area (Å²) in [6.07, 6.45) is 6.17. The Labute approximate surface area is 97.2 Å². The van der Waals surface area contributed by atoms with Gasteiger partial charge in [-0.05, 0) is 37.5 Å². The van der Waals surface area contributed by atoms with Gasteiger partial charge in [0.15, 0.2) is 0 Å². The van der Waals surface area contributed by atoms with Crippen LogP contribution in [-0.4, -0.2) is 9.96 Å². The number of nitrogens with one attached hydrogen (secondary N) is 2. The number of allylic oxidation sites excluding steroid dienone is 2. The Kier molecular flexibility index (Phi) is 2.80. The van der Waals surface area contributed by atoms with Crippen molar-refractivity contribution in [2.75, 3.05) is 0 Å². The molecule has 14 heavy (non-hydrogen) atoms. The van der Waals surface area contributed by atoms with E-state index in [9.17, 15) is 4.79 Å². The number of carbonyl (C=O) groups is 1. The summed E-state index contributed by atoms with van der Waals surface area (Å²) in [7, 11) is 0. The molecule has 0 bridgehead atoms. The maximum Gasteiger partial charge on any atom is 0.228 e. The van der Waals surface area contributed by atoms with Crippen molar-refractivity contribution in [1.82, 2.24) is 10.6 Å². The molecule has 0 spiro atoms. The number of carbonyl (C=O) groups excluding carboxylic acids is 1. The highest BCUT2D eigenvalue weighted by Crippen LogP contribution is 2.29. The van der Waals surface area contributed by atoms with E-state index in [1.807, 2.05) is 13.0 Å². The second-order valence-corrected chi connectivity index (χ2v) is 5.12. The van der Waals surface area contributed by atoms with Crippen molar-refractivity contribution in [2.45, 2.75) is 23.8 Å². The van der Waals surface area contributed by atoms with Gasteiger partial charge in [0.1, 0.15) is 5.82 Å². The topological polar surface area (TPSA) is 41.1 Å². The number of dihydropyridines is 1. The molecule has 4 heteroatoms. The monoisotopic (exact) mass is 304 g/mol. The highest BCUT2D eigenvalue weighted by Gasteiger charge is 2.30. The number of rotatable bonds is 2. The third-order valence-electron chi connectivity index (χ3n) is 2.28. The molecule has 0 saturated heterocycles. The predicted molar refractivity (Wildman–Crippen MR) is 63.7 cm³/mol. The summed E-state index contributed by atoms with van der Waals surface area (Å²) in [4.78, 5) is 11.5. The Hall–Kier alpha value is -0.520. The molecule has 2 N–H and O–H groups in total. The summed E-state index contributed by atoms with van der Waals surface area (Å²) in [5, 5.41) is 6.11. The minimum absolute atomic E-state index is 0.155. The fourth-order valence-corrected chi connectivity index (χ4v) is 2.29. The van der Waals surface area contributed by atoms with Gasteiger partial charge in [0.05, 0.1) is 4.05 Å². The smallest absolute Gasteiger partial charge is 0.228 e. The lowest BCUT2D eigenvalue weighted by atomic mass is 10.2. The Bertz CT molecular complexity index is 318. The van der Waals surface area contributed by atoms with E-state index in [1.165, 1.54) is 5.57 Å². The molecule has 0 aromatic rings. The van der Waals surface area contributed by atoms with Gasteiger partial charge in [-0.2, -0.15) is 0 Å². The van der Waals surface area contributed by atoms with Gasteiger partial charge in [-0.25, -0.2) is 0 Å². The predicted octanol–water partition coefficient (Wildman–Crippen LogP) is 1.66. The van der Waals surface area contributed by atoms with Gasteiger partial charge < -0.3 is 10.6 Å². The molecule has 1 fully saturated rings. The van der Waals surface area contributed by atoms with E-state index in [0.29, 0.717) is 0 Å². The van der Waals surface area contributed by atoms with Gasteiger partial charge in [-0.3, -0.25) is 4.79 Å². The fraction of sp³-hybridized carbons (Fsp3) is 0.500. The molecule has 1 heterocycles. The van der Waals surface area contributed by atoms with Crippen molar-refractivity contribution in [1.29, 1.82) is 0 Å². The highest BCUT2D eigenvalue weighted by molar-refractivity contribution is 14.1. The largest absolute Gasteiger partial charge is 0.356 e. The van der Waals surface area contributed by atoms with Gasteiger partial charge in [0.2, 0.25) is 5.91 Å². The fourth-order valence-electron chi connectivity index (χ4n) is 1.39. The van der Waals surface area contributed by atoms with Crippen molar-refractivity contribution >= 4 is 28.5 Å². The molecule has 2 aliphatic rings. The van der Waals surface area contributed by atoms with Crippen LogP contribution in [0.2, 0.25) is 0 Å². The summed E-state index contributed by atoms with van der Waals surface area (Å²) in [5.41, 5.74) is 1.19. The number of halogens is 1. The van der Waals surface area contributed by atoms with Crippen molar-refractivity contribution in [2.24, 2.45) is 5.92 Å². The average molecular weight is 304 g/mol. The zero-order valence-corrected chi connectivity index (χ0v) is 10.2. The van der Waals surface area contributed by atoms with Crippen LogP contribution in [0.15, 0.2) is 23.5 Å². The zero-order chi connectivity index (χ0) is 10.1. The second kappa shape index (κ2) is 3.92. The lowest BCUT2D eigenvalue weighted by Crippen LogP contribution is -2.36. The first-order chi connectivity index (χ1) is 6.65. The minimum atomic E-state index is 0.155. The highest BCUT2D eigenvalue weighted by atomic mass is 127. The Balaban J connectivity index is 1.97. The molecule has 1 saturated carbocycles. The number of amides is 1. The van der Waals surface area contributed by atoms with Crippen molar-refractivity contribution < 1.29 is 4.79 Å². The molecule has 1 atom stereocenters. The van der Waals surface area contributed by atoms with Crippen molar-refractivity contribution in [3.8, 4) is 0 Å². The van der Waals surface area contributed by atoms with Crippen LogP contribution >= 0.6 is 22.6 Å². The first kappa shape index (κ1) is 10.0. The number of alkyl halides is 1. The third kappa shape index (κ3) is 2.50. The first-order valence-corrected chi connectivity index (χ1v) is 6.01. The van der Waals surface area contributed by atoms with Crippen molar-refractivity contribution in [3.05, 3.63) is 23.5 Å². The third-order valence-corrected chi connectivity index (χ3v) is 2.95. The summed E-state index contributed by atoms with van der Waals surface area (Å²) >= 11 is 2.29. The number of hydrogen-bond donors (Lipinski definition) is 2. The SMILES string of the molecule is CC1=CC(I)NC(NC(=O)C2CC2)=C1. The molecular weight excluding hydrogens is 291 g/mol. The van der Waals surface area contributed by atoms with Gasteiger partial charge in [0, 0.05) is 5.92 Å². The quantitative estimate of drug-likeness (QED) is 0.463. The first-order valence-electron chi connectivity index (χ1n) is 4.77. The Morgan fingerprint density at radius 1 is 1.64 bits per heavy atom. The molecule has 0 radical (unpaired) electrons. The summed E-state index contributed by atoms with van der Waals surface area (Å²) in [5.74, 6) is 1.25. The summed E-state index contributed by atoms with van der Waals surface area (Å²) in [6, 6.07) is 0. The van der Waals surface area contributed by atoms with Crippen LogP contribution in [0.25, 0.3) is 0 Å². The van der Waals surface area contributed by atoms with Crippen LogP contribution in [0, 0.1) is 5.92 Å². The van der Waals surface area contributed by atoms with E-state index >= 15 is 0 Å². The Morgan fingerprint density at radius 2 is 2.36 bits per heavy atom. The van der Waals surface area contributed by atoms with Gasteiger partial charge in [-0.1, -0.05) is 22.6 Å². The zero-order valence-electron chi connectivity index (χ0n) is 8.01. The van der Waals surface area contributed by atoms with Crippen LogP contribution in [-0.2, 0) is 4.79 Å². The molecule has 1 amide bonds. The molecule has 1 unspecified atom stereocenters. The van der Waals surface area contributed by atoms with Gasteiger partial charge >= 0.3 is 0 Å². The van der Waals surface area contributed by atoms with Crippen LogP contribution in [0.5, 0.6) is 0 Å². The maximum atomic E-state index is 11.5. The number of hydrogen-bond acceptors (Lipinski definition) is 2. The molecule has 1 aliphatic carbocycles. The standard InChI is InChI=1S/C10H13IN2O/c1-6-4-8(11)12-9(5-6)13-10(14)7-2-3-7/h4-5,7-8,12H,2-3H2,1H3,(H,13,14). The second-order valence-electron chi connectivity index (χ2n) is 3.78. The van der Waals surface area contributed by atoms with E-state index in [-0.39, 0.29) is 15.9 Å². The molecule has 2 rings (SSSR count). The van der Waals surface area contributed by atoms with Gasteiger partial charge in [0.25, 0.3) is 0 Å². The summed E-state index contributed by atoms with van der Waals surface area (Å²) in [6.45, 7) is 2.04. The van der Waals surface area contributed by atoms with E-state index in [0.717, 1.165) is 18.7 Å². The molecule has 1 aliphatic heterocycles. The van der Waals surface area contributed by atoms with E-state index < -0.39 is 0 Å². The molecule has 3 nitrogen and oxygen atoms in total. The normalized spacial score (nSPS) is 26.0. The Morgan fingerprint density at radius 3 is 2.93 bits per heavy atom. The lowest BCUT2D eigenvalue weighted by Gasteiger charge is -2.19. The van der Waals surface area contributed by atoms with E-state index in [1.54, 1.807) is 0 Å².